The normalized spacial score (nSPS) is 20.5. The topological polar surface area (TPSA) is 52.5 Å². The highest BCUT2D eigenvalue weighted by Crippen LogP contribution is 2.32. The zero-order valence-electron chi connectivity index (χ0n) is 11.8. The van der Waals surface area contributed by atoms with Crippen molar-refractivity contribution < 1.29 is 10.2 Å². The lowest BCUT2D eigenvalue weighted by atomic mass is 10.1. The summed E-state index contributed by atoms with van der Waals surface area (Å²) < 4.78 is 0.946. The third-order valence-electron chi connectivity index (χ3n) is 4.06. The maximum absolute atomic E-state index is 10.2. The highest BCUT2D eigenvalue weighted by molar-refractivity contribution is 9.10. The Labute approximate surface area is 132 Å². The number of benzene rings is 2. The number of aliphatic hydroxyl groups excluding tert-OH is 1. The largest absolute Gasteiger partial charge is 0.507 e. The molecule has 0 radical (unpaired) electrons. The highest BCUT2D eigenvalue weighted by Gasteiger charge is 2.30. The van der Waals surface area contributed by atoms with Crippen LogP contribution in [0.5, 0.6) is 5.75 Å². The van der Waals surface area contributed by atoms with Crippen LogP contribution in [0.1, 0.15) is 28.3 Å². The van der Waals surface area contributed by atoms with Crippen molar-refractivity contribution in [3.8, 4) is 5.75 Å². The van der Waals surface area contributed by atoms with Crippen molar-refractivity contribution in [1.29, 1.82) is 0 Å². The molecule has 21 heavy (non-hydrogen) atoms. The van der Waals surface area contributed by atoms with Gasteiger partial charge in [-0.05, 0) is 35.7 Å². The quantitative estimate of drug-likeness (QED) is 0.798. The number of halogens is 1. The molecular formula is C17H18BrNO2. The van der Waals surface area contributed by atoms with E-state index in [1.807, 2.05) is 31.2 Å². The number of hydrogen-bond acceptors (Lipinski definition) is 3. The molecule has 2 aromatic rings. The second-order valence-corrected chi connectivity index (χ2v) is 6.47. The molecular weight excluding hydrogens is 330 g/mol. The molecule has 4 heteroatoms. The minimum atomic E-state index is -0.419. The van der Waals surface area contributed by atoms with Gasteiger partial charge in [-0.3, -0.25) is 0 Å². The van der Waals surface area contributed by atoms with Gasteiger partial charge in [0, 0.05) is 23.0 Å². The fraction of sp³-hybridized carbons (Fsp3) is 0.294. The number of aryl methyl sites for hydroxylation is 1. The molecule has 0 aliphatic heterocycles. The molecule has 0 fully saturated rings. The Kier molecular flexibility index (Phi) is 4.02. The van der Waals surface area contributed by atoms with Crippen LogP contribution < -0.4 is 5.32 Å². The van der Waals surface area contributed by atoms with Crippen molar-refractivity contribution in [2.75, 3.05) is 0 Å². The van der Waals surface area contributed by atoms with Crippen molar-refractivity contribution in [2.24, 2.45) is 0 Å². The van der Waals surface area contributed by atoms with Crippen LogP contribution in [-0.2, 0) is 13.0 Å². The van der Waals surface area contributed by atoms with E-state index in [1.165, 1.54) is 5.56 Å². The van der Waals surface area contributed by atoms with Gasteiger partial charge in [0.05, 0.1) is 12.1 Å². The van der Waals surface area contributed by atoms with E-state index in [0.717, 1.165) is 21.2 Å². The first-order chi connectivity index (χ1) is 10.1. The molecule has 0 spiro atoms. The molecule has 110 valence electrons. The van der Waals surface area contributed by atoms with Gasteiger partial charge >= 0.3 is 0 Å². The van der Waals surface area contributed by atoms with E-state index in [-0.39, 0.29) is 6.04 Å². The predicted molar refractivity (Wildman–Crippen MR) is 86.3 cm³/mol. The van der Waals surface area contributed by atoms with E-state index in [1.54, 1.807) is 0 Å². The van der Waals surface area contributed by atoms with E-state index in [2.05, 4.69) is 33.4 Å². The van der Waals surface area contributed by atoms with E-state index in [4.69, 9.17) is 0 Å². The van der Waals surface area contributed by atoms with Crippen LogP contribution in [0.4, 0.5) is 0 Å². The van der Waals surface area contributed by atoms with Gasteiger partial charge in [0.1, 0.15) is 5.75 Å². The Morgan fingerprint density at radius 3 is 2.86 bits per heavy atom. The van der Waals surface area contributed by atoms with Crippen LogP contribution in [0, 0.1) is 6.92 Å². The number of fused-ring (bicyclic) bond motifs is 1. The lowest BCUT2D eigenvalue weighted by Crippen LogP contribution is -2.28. The van der Waals surface area contributed by atoms with E-state index < -0.39 is 6.10 Å². The van der Waals surface area contributed by atoms with Gasteiger partial charge in [-0.25, -0.2) is 0 Å². The number of hydrogen-bond donors (Lipinski definition) is 3. The summed E-state index contributed by atoms with van der Waals surface area (Å²) >= 11 is 3.45. The van der Waals surface area contributed by atoms with Crippen LogP contribution in [-0.4, -0.2) is 16.3 Å². The fourth-order valence-electron chi connectivity index (χ4n) is 2.98. The summed E-state index contributed by atoms with van der Waals surface area (Å²) in [6.07, 6.45) is 0.259. The summed E-state index contributed by atoms with van der Waals surface area (Å²) in [5.74, 6) is 0.312. The summed E-state index contributed by atoms with van der Waals surface area (Å²) in [5.41, 5.74) is 4.01. The summed E-state index contributed by atoms with van der Waals surface area (Å²) in [4.78, 5) is 0. The van der Waals surface area contributed by atoms with Crippen molar-refractivity contribution in [2.45, 2.75) is 32.0 Å². The molecule has 2 atom stereocenters. The van der Waals surface area contributed by atoms with Gasteiger partial charge in [0.15, 0.2) is 0 Å². The first kappa shape index (κ1) is 14.6. The number of aromatic hydroxyl groups is 1. The van der Waals surface area contributed by atoms with Crippen molar-refractivity contribution in [3.63, 3.8) is 0 Å². The smallest absolute Gasteiger partial charge is 0.123 e. The van der Waals surface area contributed by atoms with E-state index >= 15 is 0 Å². The molecule has 0 aromatic heterocycles. The molecule has 0 heterocycles. The first-order valence-electron chi connectivity index (χ1n) is 7.03. The fourth-order valence-corrected chi connectivity index (χ4v) is 3.60. The molecule has 3 N–H and O–H groups in total. The molecule has 3 rings (SSSR count). The lowest BCUT2D eigenvalue weighted by Gasteiger charge is -2.19. The summed E-state index contributed by atoms with van der Waals surface area (Å²) in [6.45, 7) is 2.39. The van der Waals surface area contributed by atoms with Crippen LogP contribution in [0.15, 0.2) is 40.9 Å². The molecule has 0 saturated heterocycles. The second kappa shape index (κ2) is 5.79. The predicted octanol–water partition coefficient (Wildman–Crippen LogP) is 3.21. The molecule has 1 aliphatic carbocycles. The zero-order valence-corrected chi connectivity index (χ0v) is 13.4. The number of phenolic OH excluding ortho intramolecular Hbond substituents is 1. The summed E-state index contributed by atoms with van der Waals surface area (Å²) in [6, 6.07) is 11.8. The van der Waals surface area contributed by atoms with Gasteiger partial charge in [-0.2, -0.15) is 0 Å². The Balaban J connectivity index is 1.80. The van der Waals surface area contributed by atoms with Gasteiger partial charge in [0.2, 0.25) is 0 Å². The summed E-state index contributed by atoms with van der Waals surface area (Å²) in [7, 11) is 0. The number of nitrogens with one attached hydrogen (secondary N) is 1. The van der Waals surface area contributed by atoms with Crippen LogP contribution in [0.3, 0.4) is 0 Å². The van der Waals surface area contributed by atoms with Crippen molar-refractivity contribution >= 4 is 15.9 Å². The third kappa shape index (κ3) is 2.84. The SMILES string of the molecule is Cc1cc(Br)cc(CN[C@@H]2c3ccccc3C[C@@H]2O)c1O. The minimum Gasteiger partial charge on any atom is -0.507 e. The molecule has 0 bridgehead atoms. The third-order valence-corrected chi connectivity index (χ3v) is 4.52. The Morgan fingerprint density at radius 2 is 2.05 bits per heavy atom. The van der Waals surface area contributed by atoms with Crippen molar-refractivity contribution in [1.82, 2.24) is 5.32 Å². The molecule has 1 aliphatic rings. The highest BCUT2D eigenvalue weighted by atomic mass is 79.9. The monoisotopic (exact) mass is 347 g/mol. The van der Waals surface area contributed by atoms with Gasteiger partial charge in [0.25, 0.3) is 0 Å². The molecule has 0 unspecified atom stereocenters. The zero-order chi connectivity index (χ0) is 15.0. The van der Waals surface area contributed by atoms with Crippen LogP contribution in [0.2, 0.25) is 0 Å². The first-order valence-corrected chi connectivity index (χ1v) is 7.83. The number of rotatable bonds is 3. The molecule has 0 saturated carbocycles. The molecule has 3 nitrogen and oxygen atoms in total. The maximum Gasteiger partial charge on any atom is 0.123 e. The Hall–Kier alpha value is -1.36. The van der Waals surface area contributed by atoms with Crippen LogP contribution in [0.25, 0.3) is 0 Å². The minimum absolute atomic E-state index is 0.0834. The Morgan fingerprint density at radius 1 is 1.29 bits per heavy atom. The second-order valence-electron chi connectivity index (χ2n) is 5.56. The van der Waals surface area contributed by atoms with Crippen molar-refractivity contribution in [3.05, 3.63) is 63.1 Å². The Bertz CT molecular complexity index is 672. The standard InChI is InChI=1S/C17H18BrNO2/c1-10-6-13(18)7-12(17(10)21)9-19-16-14-5-3-2-4-11(14)8-15(16)20/h2-7,15-16,19-21H,8-9H2,1H3/t15-,16+/m0/s1. The van der Waals surface area contributed by atoms with Gasteiger partial charge in [-0.1, -0.05) is 40.2 Å². The molecule has 0 amide bonds. The number of phenols is 1. The van der Waals surface area contributed by atoms with Gasteiger partial charge < -0.3 is 15.5 Å². The lowest BCUT2D eigenvalue weighted by molar-refractivity contribution is 0.140. The average Bonchev–Trinajstić information content (AvgIpc) is 2.77. The van der Waals surface area contributed by atoms with E-state index in [9.17, 15) is 10.2 Å². The molecule has 2 aromatic carbocycles. The van der Waals surface area contributed by atoms with Crippen LogP contribution >= 0.6 is 15.9 Å². The maximum atomic E-state index is 10.2. The van der Waals surface area contributed by atoms with E-state index in [0.29, 0.717) is 18.7 Å². The number of aliphatic hydroxyl groups is 1. The van der Waals surface area contributed by atoms with Gasteiger partial charge in [-0.15, -0.1) is 0 Å². The average molecular weight is 348 g/mol. The summed E-state index contributed by atoms with van der Waals surface area (Å²) in [5, 5.41) is 23.7.